The fourth-order valence-electron chi connectivity index (χ4n) is 5.00. The fourth-order valence-corrected chi connectivity index (χ4v) is 5.00. The maximum atomic E-state index is 13.4. The van der Waals surface area contributed by atoms with Crippen LogP contribution in [0, 0.1) is 5.92 Å². The van der Waals surface area contributed by atoms with E-state index in [2.05, 4.69) is 4.74 Å². The number of carbonyl (C=O) groups is 2. The maximum Gasteiger partial charge on any atom is 0.422 e. The van der Waals surface area contributed by atoms with Gasteiger partial charge in [0.15, 0.2) is 6.61 Å². The number of carbonyl (C=O) groups excluding carboxylic acids is 2. The average Bonchev–Trinajstić information content (AvgIpc) is 3.34. The second-order valence-corrected chi connectivity index (χ2v) is 9.93. The minimum Gasteiger partial charge on any atom is -0.489 e. The van der Waals surface area contributed by atoms with E-state index in [0.717, 1.165) is 24.5 Å². The van der Waals surface area contributed by atoms with Gasteiger partial charge in [0.2, 0.25) is 5.91 Å². The van der Waals surface area contributed by atoms with Gasteiger partial charge in [-0.2, -0.15) is 26.3 Å². The number of alkyl halides is 6. The topological polar surface area (TPSA) is 68.3 Å². The summed E-state index contributed by atoms with van der Waals surface area (Å²) in [5.41, 5.74) is 0.322. The molecule has 2 heterocycles. The van der Waals surface area contributed by atoms with Crippen molar-refractivity contribution in [1.82, 2.24) is 4.90 Å². The molecule has 0 aliphatic carbocycles. The van der Waals surface area contributed by atoms with E-state index in [4.69, 9.17) is 9.47 Å². The van der Waals surface area contributed by atoms with Gasteiger partial charge in [0.05, 0.1) is 24.6 Å². The van der Waals surface area contributed by atoms with Gasteiger partial charge in [0.1, 0.15) is 18.1 Å². The Labute approximate surface area is 232 Å². The Balaban J connectivity index is 1.37. The van der Waals surface area contributed by atoms with Gasteiger partial charge in [-0.1, -0.05) is 6.07 Å². The van der Waals surface area contributed by atoms with Crippen molar-refractivity contribution >= 4 is 17.6 Å². The second kappa shape index (κ2) is 12.6. The number of hydrogen-bond acceptors (Lipinski definition) is 6. The lowest BCUT2D eigenvalue weighted by Crippen LogP contribution is -2.45. The summed E-state index contributed by atoms with van der Waals surface area (Å²) < 4.78 is 92.7. The molecule has 1 atom stereocenters. The molecule has 0 aromatic heterocycles. The van der Waals surface area contributed by atoms with Gasteiger partial charge in [-0.25, -0.2) is 0 Å². The van der Waals surface area contributed by atoms with E-state index in [1.165, 1.54) is 6.07 Å². The van der Waals surface area contributed by atoms with Crippen LogP contribution in [0.25, 0.3) is 0 Å². The highest BCUT2D eigenvalue weighted by atomic mass is 19.4. The SMILES string of the molecule is CCOC(=O)[C@@H]1CCCN(CC(=O)N2CCc3cc(OCc4ccc(OCC(F)(F)F)c(C(F)(F)F)c4)ccc32)C1. The number of esters is 1. The van der Waals surface area contributed by atoms with Gasteiger partial charge in [-0.3, -0.25) is 14.5 Å². The zero-order valence-corrected chi connectivity index (χ0v) is 22.3. The van der Waals surface area contributed by atoms with E-state index in [1.807, 2.05) is 4.90 Å². The smallest absolute Gasteiger partial charge is 0.422 e. The number of likely N-dealkylation sites (tertiary alicyclic amines) is 1. The van der Waals surface area contributed by atoms with Crippen molar-refractivity contribution in [3.05, 3.63) is 53.1 Å². The van der Waals surface area contributed by atoms with Crippen LogP contribution in [0.4, 0.5) is 32.0 Å². The first kappa shape index (κ1) is 30.5. The van der Waals surface area contributed by atoms with Crippen LogP contribution < -0.4 is 14.4 Å². The van der Waals surface area contributed by atoms with Crippen LogP contribution in [0.15, 0.2) is 36.4 Å². The Morgan fingerprint density at radius 2 is 1.78 bits per heavy atom. The second-order valence-electron chi connectivity index (χ2n) is 9.93. The molecule has 2 aromatic rings. The molecular formula is C28H30F6N2O5. The summed E-state index contributed by atoms with van der Waals surface area (Å²) >= 11 is 0. The molecule has 1 fully saturated rings. The minimum absolute atomic E-state index is 0.0941. The molecule has 4 rings (SSSR count). The summed E-state index contributed by atoms with van der Waals surface area (Å²) in [4.78, 5) is 28.8. The summed E-state index contributed by atoms with van der Waals surface area (Å²) in [5, 5.41) is 0. The van der Waals surface area contributed by atoms with E-state index in [0.29, 0.717) is 50.2 Å². The third-order valence-electron chi connectivity index (χ3n) is 6.88. The lowest BCUT2D eigenvalue weighted by atomic mass is 9.98. The van der Waals surface area contributed by atoms with Crippen molar-refractivity contribution in [1.29, 1.82) is 0 Å². The molecule has 224 valence electrons. The van der Waals surface area contributed by atoms with Gasteiger partial charge in [-0.15, -0.1) is 0 Å². The number of anilines is 1. The first-order valence-electron chi connectivity index (χ1n) is 13.2. The first-order valence-corrected chi connectivity index (χ1v) is 13.2. The number of nitrogens with zero attached hydrogens (tertiary/aromatic N) is 2. The van der Waals surface area contributed by atoms with Crippen molar-refractivity contribution in [2.45, 2.75) is 45.1 Å². The van der Waals surface area contributed by atoms with Crippen LogP contribution in [0.1, 0.15) is 36.5 Å². The van der Waals surface area contributed by atoms with E-state index in [-0.39, 0.29) is 36.5 Å². The number of fused-ring (bicyclic) bond motifs is 1. The highest BCUT2D eigenvalue weighted by Crippen LogP contribution is 2.38. The van der Waals surface area contributed by atoms with Crippen LogP contribution in [0.3, 0.4) is 0 Å². The molecule has 0 unspecified atom stereocenters. The molecule has 2 aliphatic heterocycles. The van der Waals surface area contributed by atoms with Crippen molar-refractivity contribution in [2.24, 2.45) is 5.92 Å². The van der Waals surface area contributed by atoms with Crippen LogP contribution in [-0.4, -0.2) is 62.3 Å². The molecule has 1 saturated heterocycles. The Hall–Kier alpha value is -3.48. The lowest BCUT2D eigenvalue weighted by Gasteiger charge is -2.32. The Bertz CT molecular complexity index is 1250. The third-order valence-corrected chi connectivity index (χ3v) is 6.88. The van der Waals surface area contributed by atoms with Gasteiger partial charge >= 0.3 is 18.3 Å². The van der Waals surface area contributed by atoms with Crippen LogP contribution in [-0.2, 0) is 33.5 Å². The van der Waals surface area contributed by atoms with Crippen LogP contribution in [0.2, 0.25) is 0 Å². The van der Waals surface area contributed by atoms with Crippen molar-refractivity contribution in [3.63, 3.8) is 0 Å². The van der Waals surface area contributed by atoms with Gasteiger partial charge in [-0.05, 0) is 74.2 Å². The highest BCUT2D eigenvalue weighted by Gasteiger charge is 2.37. The monoisotopic (exact) mass is 588 g/mol. The number of ether oxygens (including phenoxy) is 3. The van der Waals surface area contributed by atoms with Gasteiger partial charge in [0, 0.05) is 18.8 Å². The molecule has 2 aromatic carbocycles. The van der Waals surface area contributed by atoms with Crippen LogP contribution in [0.5, 0.6) is 11.5 Å². The summed E-state index contributed by atoms with van der Waals surface area (Å²) in [5.74, 6) is -1.14. The Morgan fingerprint density at radius 3 is 2.49 bits per heavy atom. The number of hydrogen-bond donors (Lipinski definition) is 0. The van der Waals surface area contributed by atoms with Crippen molar-refractivity contribution in [2.75, 3.05) is 44.3 Å². The largest absolute Gasteiger partial charge is 0.489 e. The van der Waals surface area contributed by atoms with Gasteiger partial charge in [0.25, 0.3) is 0 Å². The molecule has 13 heteroatoms. The highest BCUT2D eigenvalue weighted by molar-refractivity contribution is 5.97. The summed E-state index contributed by atoms with van der Waals surface area (Å²) in [6, 6.07) is 7.78. The molecule has 0 spiro atoms. The van der Waals surface area contributed by atoms with E-state index in [9.17, 15) is 35.9 Å². The number of rotatable bonds is 9. The molecular weight excluding hydrogens is 558 g/mol. The number of benzene rings is 2. The number of amides is 1. The zero-order valence-electron chi connectivity index (χ0n) is 22.3. The average molecular weight is 589 g/mol. The first-order chi connectivity index (χ1) is 19.3. The summed E-state index contributed by atoms with van der Waals surface area (Å²) in [6.45, 7) is 1.76. The predicted molar refractivity (Wildman–Crippen MR) is 136 cm³/mol. The van der Waals surface area contributed by atoms with Gasteiger partial charge < -0.3 is 19.1 Å². The van der Waals surface area contributed by atoms with E-state index < -0.39 is 30.3 Å². The standard InChI is InChI=1S/C28H30F6N2O5/c1-2-39-26(38)20-4-3-10-35(14-20)15-25(37)36-11-9-19-13-21(6-7-23(19)36)40-16-18-5-8-24(41-17-27(29,30)31)22(12-18)28(32,33)34/h5-8,12-13,20H,2-4,9-11,14-17H2,1H3/t20-/m1/s1. The Morgan fingerprint density at radius 1 is 1.00 bits per heavy atom. The third kappa shape index (κ3) is 8.05. The minimum atomic E-state index is -4.92. The summed E-state index contributed by atoms with van der Waals surface area (Å²) in [6.07, 6.45) is -7.62. The molecule has 0 bridgehead atoms. The lowest BCUT2D eigenvalue weighted by molar-refractivity contribution is -0.158. The zero-order chi connectivity index (χ0) is 29.8. The van der Waals surface area contributed by atoms with E-state index in [1.54, 1.807) is 30.0 Å². The predicted octanol–water partition coefficient (Wildman–Crippen LogP) is 5.39. The molecule has 1 amide bonds. The Kier molecular flexibility index (Phi) is 9.35. The van der Waals surface area contributed by atoms with Crippen molar-refractivity contribution in [3.8, 4) is 11.5 Å². The normalized spacial score (nSPS) is 17.7. The number of piperidine rings is 1. The molecule has 0 radical (unpaired) electrons. The van der Waals surface area contributed by atoms with Crippen molar-refractivity contribution < 1.29 is 50.1 Å². The molecule has 41 heavy (non-hydrogen) atoms. The van der Waals surface area contributed by atoms with Crippen LogP contribution >= 0.6 is 0 Å². The maximum absolute atomic E-state index is 13.4. The number of halogens is 6. The quantitative estimate of drug-likeness (QED) is 0.289. The summed E-state index contributed by atoms with van der Waals surface area (Å²) in [7, 11) is 0. The fraction of sp³-hybridized carbons (Fsp3) is 0.500. The molecule has 0 N–H and O–H groups in total. The molecule has 2 aliphatic rings. The molecule has 0 saturated carbocycles. The molecule has 7 nitrogen and oxygen atoms in total. The van der Waals surface area contributed by atoms with E-state index >= 15 is 0 Å².